The molecule has 2 amide bonds. The third-order valence-corrected chi connectivity index (χ3v) is 4.02. The molecule has 0 saturated heterocycles. The highest BCUT2D eigenvalue weighted by Crippen LogP contribution is 2.27. The summed E-state index contributed by atoms with van der Waals surface area (Å²) in [7, 11) is 1.50. The molecule has 6 heteroatoms. The first-order valence-electron chi connectivity index (χ1n) is 8.12. The Bertz CT molecular complexity index is 843. The van der Waals surface area contributed by atoms with Crippen molar-refractivity contribution in [2.75, 3.05) is 17.7 Å². The Morgan fingerprint density at radius 2 is 1.58 bits per heavy atom. The standard InChI is InChI=1S/C20H22N2O4/c1-13(23)14-8-7-9-15(12-14)21-18(24)20(2,3)19(25)22-16-10-5-6-11-17(16)26-4/h5-12H,1-4H3,(H,21,24)(H,22,25). The maximum atomic E-state index is 12.6. The first kappa shape index (κ1) is 19.2. The van der Waals surface area contributed by atoms with Crippen molar-refractivity contribution in [2.24, 2.45) is 5.41 Å². The molecule has 0 aromatic heterocycles. The van der Waals surface area contributed by atoms with E-state index < -0.39 is 17.2 Å². The molecule has 0 saturated carbocycles. The lowest BCUT2D eigenvalue weighted by Crippen LogP contribution is -2.41. The van der Waals surface area contributed by atoms with Gasteiger partial charge >= 0.3 is 0 Å². The second-order valence-corrected chi connectivity index (χ2v) is 6.37. The summed E-state index contributed by atoms with van der Waals surface area (Å²) in [6, 6.07) is 13.5. The van der Waals surface area contributed by atoms with Crippen molar-refractivity contribution in [2.45, 2.75) is 20.8 Å². The molecular weight excluding hydrogens is 332 g/mol. The van der Waals surface area contributed by atoms with Gasteiger partial charge in [-0.05, 0) is 45.0 Å². The predicted octanol–water partition coefficient (Wildman–Crippen LogP) is 3.50. The Hall–Kier alpha value is -3.15. The number of benzene rings is 2. The smallest absolute Gasteiger partial charge is 0.239 e. The van der Waals surface area contributed by atoms with E-state index in [2.05, 4.69) is 10.6 Å². The summed E-state index contributed by atoms with van der Waals surface area (Å²) in [5, 5.41) is 5.41. The summed E-state index contributed by atoms with van der Waals surface area (Å²) < 4.78 is 5.20. The van der Waals surface area contributed by atoms with Crippen LogP contribution in [-0.2, 0) is 9.59 Å². The van der Waals surface area contributed by atoms with Crippen LogP contribution < -0.4 is 15.4 Å². The molecule has 0 aliphatic rings. The van der Waals surface area contributed by atoms with E-state index in [9.17, 15) is 14.4 Å². The van der Waals surface area contributed by atoms with Gasteiger partial charge in [0.05, 0.1) is 12.8 Å². The van der Waals surface area contributed by atoms with Crippen LogP contribution in [0.4, 0.5) is 11.4 Å². The number of Topliss-reactive ketones (excluding diaryl/α,β-unsaturated/α-hetero) is 1. The highest BCUT2D eigenvalue weighted by molar-refractivity contribution is 6.14. The van der Waals surface area contributed by atoms with Crippen molar-refractivity contribution < 1.29 is 19.1 Å². The monoisotopic (exact) mass is 354 g/mol. The molecule has 0 spiro atoms. The van der Waals surface area contributed by atoms with Crippen molar-refractivity contribution in [1.82, 2.24) is 0 Å². The Kier molecular flexibility index (Phi) is 5.77. The highest BCUT2D eigenvalue weighted by atomic mass is 16.5. The van der Waals surface area contributed by atoms with Crippen LogP contribution in [0, 0.1) is 5.41 Å². The van der Waals surface area contributed by atoms with Crippen LogP contribution in [0.1, 0.15) is 31.1 Å². The fourth-order valence-corrected chi connectivity index (χ4v) is 2.23. The van der Waals surface area contributed by atoms with Gasteiger partial charge in [0.15, 0.2) is 5.78 Å². The van der Waals surface area contributed by atoms with Gasteiger partial charge in [0, 0.05) is 11.3 Å². The second kappa shape index (κ2) is 7.82. The summed E-state index contributed by atoms with van der Waals surface area (Å²) >= 11 is 0. The van der Waals surface area contributed by atoms with Gasteiger partial charge in [-0.2, -0.15) is 0 Å². The Balaban J connectivity index is 2.15. The van der Waals surface area contributed by atoms with E-state index in [4.69, 9.17) is 4.74 Å². The van der Waals surface area contributed by atoms with Crippen LogP contribution in [0.3, 0.4) is 0 Å². The summed E-state index contributed by atoms with van der Waals surface area (Å²) in [6.45, 7) is 4.51. The predicted molar refractivity (Wildman–Crippen MR) is 100 cm³/mol. The topological polar surface area (TPSA) is 84.5 Å². The van der Waals surface area contributed by atoms with Gasteiger partial charge < -0.3 is 15.4 Å². The number of methoxy groups -OCH3 is 1. The van der Waals surface area contributed by atoms with Crippen LogP contribution in [-0.4, -0.2) is 24.7 Å². The maximum Gasteiger partial charge on any atom is 0.239 e. The van der Waals surface area contributed by atoms with E-state index in [1.54, 1.807) is 48.5 Å². The number of carbonyl (C=O) groups excluding carboxylic acids is 3. The Morgan fingerprint density at radius 1 is 0.923 bits per heavy atom. The molecule has 2 rings (SSSR count). The number of para-hydroxylation sites is 2. The highest BCUT2D eigenvalue weighted by Gasteiger charge is 2.36. The summed E-state index contributed by atoms with van der Waals surface area (Å²) in [5.74, 6) is -0.548. The fraction of sp³-hybridized carbons (Fsp3) is 0.250. The van der Waals surface area contributed by atoms with E-state index in [0.29, 0.717) is 22.7 Å². The zero-order valence-electron chi connectivity index (χ0n) is 15.3. The number of nitrogens with one attached hydrogen (secondary N) is 2. The van der Waals surface area contributed by atoms with Crippen LogP contribution in [0.5, 0.6) is 5.75 Å². The fourth-order valence-electron chi connectivity index (χ4n) is 2.23. The first-order valence-corrected chi connectivity index (χ1v) is 8.12. The lowest BCUT2D eigenvalue weighted by molar-refractivity contribution is -0.135. The van der Waals surface area contributed by atoms with E-state index in [1.165, 1.54) is 27.9 Å². The molecule has 2 aromatic carbocycles. The van der Waals surface area contributed by atoms with Crippen molar-refractivity contribution in [3.63, 3.8) is 0 Å². The van der Waals surface area contributed by atoms with E-state index in [-0.39, 0.29) is 5.78 Å². The molecule has 0 aliphatic heterocycles. The van der Waals surface area contributed by atoms with Crippen molar-refractivity contribution in [3.05, 3.63) is 54.1 Å². The third kappa shape index (κ3) is 4.27. The Morgan fingerprint density at radius 3 is 2.23 bits per heavy atom. The third-order valence-electron chi connectivity index (χ3n) is 4.02. The molecule has 2 N–H and O–H groups in total. The van der Waals surface area contributed by atoms with E-state index >= 15 is 0 Å². The van der Waals surface area contributed by atoms with E-state index in [1.807, 2.05) is 0 Å². The minimum absolute atomic E-state index is 0.103. The largest absolute Gasteiger partial charge is 0.495 e. The SMILES string of the molecule is COc1ccccc1NC(=O)C(C)(C)C(=O)Nc1cccc(C(C)=O)c1. The van der Waals surface area contributed by atoms with Gasteiger partial charge in [0.2, 0.25) is 11.8 Å². The minimum Gasteiger partial charge on any atom is -0.495 e. The lowest BCUT2D eigenvalue weighted by atomic mass is 9.90. The van der Waals surface area contributed by atoms with Gasteiger partial charge in [-0.25, -0.2) is 0 Å². The van der Waals surface area contributed by atoms with Gasteiger partial charge in [-0.3, -0.25) is 14.4 Å². The van der Waals surface area contributed by atoms with Gasteiger partial charge in [-0.15, -0.1) is 0 Å². The van der Waals surface area contributed by atoms with E-state index in [0.717, 1.165) is 0 Å². The molecule has 0 atom stereocenters. The summed E-state index contributed by atoms with van der Waals surface area (Å²) in [4.78, 5) is 36.7. The van der Waals surface area contributed by atoms with Crippen LogP contribution in [0.15, 0.2) is 48.5 Å². The van der Waals surface area contributed by atoms with Crippen molar-refractivity contribution in [3.8, 4) is 5.75 Å². The van der Waals surface area contributed by atoms with Crippen molar-refractivity contribution >= 4 is 29.0 Å². The summed E-state index contributed by atoms with van der Waals surface area (Å²) in [5.41, 5.74) is 0.0898. The van der Waals surface area contributed by atoms with Gasteiger partial charge in [0.25, 0.3) is 0 Å². The summed E-state index contributed by atoms with van der Waals surface area (Å²) in [6.07, 6.45) is 0. The van der Waals surface area contributed by atoms with Gasteiger partial charge in [0.1, 0.15) is 11.2 Å². The maximum absolute atomic E-state index is 12.6. The number of amides is 2. The average Bonchev–Trinajstić information content (AvgIpc) is 2.62. The Labute approximate surface area is 152 Å². The zero-order valence-corrected chi connectivity index (χ0v) is 15.3. The number of carbonyl (C=O) groups is 3. The molecule has 0 fully saturated rings. The normalized spacial score (nSPS) is 10.8. The minimum atomic E-state index is -1.34. The molecule has 0 bridgehead atoms. The number of anilines is 2. The van der Waals surface area contributed by atoms with Gasteiger partial charge in [-0.1, -0.05) is 24.3 Å². The van der Waals surface area contributed by atoms with Crippen LogP contribution in [0.2, 0.25) is 0 Å². The second-order valence-electron chi connectivity index (χ2n) is 6.37. The molecule has 26 heavy (non-hydrogen) atoms. The lowest BCUT2D eigenvalue weighted by Gasteiger charge is -2.23. The molecule has 2 aromatic rings. The molecule has 0 radical (unpaired) electrons. The molecule has 6 nitrogen and oxygen atoms in total. The average molecular weight is 354 g/mol. The number of ketones is 1. The molecule has 0 unspecified atom stereocenters. The number of hydrogen-bond acceptors (Lipinski definition) is 4. The molecule has 0 heterocycles. The van der Waals surface area contributed by atoms with Crippen molar-refractivity contribution in [1.29, 1.82) is 0 Å². The first-order chi connectivity index (χ1) is 12.3. The zero-order chi connectivity index (χ0) is 19.3. The molecule has 0 aliphatic carbocycles. The quantitative estimate of drug-likeness (QED) is 0.614. The van der Waals surface area contributed by atoms with Crippen LogP contribution >= 0.6 is 0 Å². The molecule has 136 valence electrons. The molecular formula is C20H22N2O4. The number of rotatable bonds is 6. The number of ether oxygens (including phenoxy) is 1. The van der Waals surface area contributed by atoms with Crippen LogP contribution in [0.25, 0.3) is 0 Å². The number of hydrogen-bond donors (Lipinski definition) is 2.